The van der Waals surface area contributed by atoms with Crippen molar-refractivity contribution in [2.75, 3.05) is 0 Å². The Kier molecular flexibility index (Phi) is 1.69. The maximum atomic E-state index is 10.8. The number of pyridine rings is 1. The fourth-order valence-corrected chi connectivity index (χ4v) is 2.38. The van der Waals surface area contributed by atoms with Crippen LogP contribution < -0.4 is 0 Å². The average Bonchev–Trinajstić information content (AvgIpc) is 2.78. The monoisotopic (exact) mass is 200 g/mol. The second-order valence-corrected chi connectivity index (χ2v) is 4.13. The molecule has 1 aliphatic rings. The molecule has 0 amide bonds. The Morgan fingerprint density at radius 3 is 3.13 bits per heavy atom. The molecular formula is C12H12N2O. The van der Waals surface area contributed by atoms with E-state index in [0.29, 0.717) is 0 Å². The summed E-state index contributed by atoms with van der Waals surface area (Å²) in [5.74, 6) is 0. The first-order valence-corrected chi connectivity index (χ1v) is 5.25. The Bertz CT molecular complexity index is 554. The maximum absolute atomic E-state index is 10.8. The van der Waals surface area contributed by atoms with Crippen molar-refractivity contribution in [3.63, 3.8) is 0 Å². The zero-order valence-electron chi connectivity index (χ0n) is 8.66. The van der Waals surface area contributed by atoms with Gasteiger partial charge in [-0.25, -0.2) is 4.98 Å². The summed E-state index contributed by atoms with van der Waals surface area (Å²) in [6, 6.07) is 1.89. The average molecular weight is 200 g/mol. The normalized spacial score (nSPS) is 14.5. The lowest BCUT2D eigenvalue weighted by atomic mass is 10.2. The van der Waals surface area contributed by atoms with E-state index in [1.807, 2.05) is 19.2 Å². The number of hydrogen-bond acceptors (Lipinski definition) is 2. The summed E-state index contributed by atoms with van der Waals surface area (Å²) in [6.07, 6.45) is 6.14. The fraction of sp³-hybridized carbons (Fsp3) is 0.333. The number of rotatable bonds is 1. The molecule has 0 aromatic carbocycles. The number of aromatic nitrogens is 2. The summed E-state index contributed by atoms with van der Waals surface area (Å²) in [4.78, 5) is 15.4. The second-order valence-electron chi connectivity index (χ2n) is 4.13. The van der Waals surface area contributed by atoms with E-state index in [2.05, 4.69) is 9.38 Å². The van der Waals surface area contributed by atoms with Crippen molar-refractivity contribution in [1.82, 2.24) is 9.38 Å². The quantitative estimate of drug-likeness (QED) is 0.659. The van der Waals surface area contributed by atoms with Crippen LogP contribution in [0.2, 0.25) is 0 Å². The molecule has 2 aromatic heterocycles. The van der Waals surface area contributed by atoms with Crippen molar-refractivity contribution in [3.8, 4) is 0 Å². The Morgan fingerprint density at radius 2 is 2.33 bits per heavy atom. The van der Waals surface area contributed by atoms with Crippen LogP contribution in [-0.4, -0.2) is 15.7 Å². The minimum Gasteiger partial charge on any atom is -0.303 e. The molecular weight excluding hydrogens is 188 g/mol. The van der Waals surface area contributed by atoms with Crippen LogP contribution in [0.3, 0.4) is 0 Å². The van der Waals surface area contributed by atoms with Crippen LogP contribution in [0.15, 0.2) is 12.3 Å². The summed E-state index contributed by atoms with van der Waals surface area (Å²) in [7, 11) is 0. The first-order valence-electron chi connectivity index (χ1n) is 5.25. The van der Waals surface area contributed by atoms with Gasteiger partial charge in [0.25, 0.3) is 0 Å². The lowest BCUT2D eigenvalue weighted by Gasteiger charge is -2.02. The van der Waals surface area contributed by atoms with Gasteiger partial charge in [0.15, 0.2) is 6.29 Å². The van der Waals surface area contributed by atoms with Gasteiger partial charge in [0.05, 0.1) is 5.69 Å². The van der Waals surface area contributed by atoms with Gasteiger partial charge < -0.3 is 4.40 Å². The molecule has 76 valence electrons. The summed E-state index contributed by atoms with van der Waals surface area (Å²) in [6.45, 7) is 2.00. The van der Waals surface area contributed by atoms with Crippen molar-refractivity contribution in [1.29, 1.82) is 0 Å². The highest BCUT2D eigenvalue weighted by Gasteiger charge is 2.18. The first kappa shape index (κ1) is 8.65. The number of aryl methyl sites for hydroxylation is 3. The van der Waals surface area contributed by atoms with Gasteiger partial charge in [-0.1, -0.05) is 0 Å². The molecule has 1 aliphatic carbocycles. The van der Waals surface area contributed by atoms with Crippen molar-refractivity contribution < 1.29 is 4.79 Å². The zero-order valence-corrected chi connectivity index (χ0v) is 8.66. The summed E-state index contributed by atoms with van der Waals surface area (Å²) in [5, 5.41) is 0. The zero-order chi connectivity index (χ0) is 10.4. The standard InChI is InChI=1S/C12H12N2O/c1-8-5-9(7-15)6-14-11-4-2-3-10(11)13-12(8)14/h5-7H,2-4H2,1H3. The van der Waals surface area contributed by atoms with Gasteiger partial charge in [-0.05, 0) is 37.8 Å². The summed E-state index contributed by atoms with van der Waals surface area (Å²) in [5.41, 5.74) is 5.31. The van der Waals surface area contributed by atoms with Crippen LogP contribution >= 0.6 is 0 Å². The largest absolute Gasteiger partial charge is 0.303 e. The molecule has 0 saturated carbocycles. The lowest BCUT2D eigenvalue weighted by Crippen LogP contribution is -1.95. The van der Waals surface area contributed by atoms with E-state index in [9.17, 15) is 4.79 Å². The Morgan fingerprint density at radius 1 is 1.47 bits per heavy atom. The molecule has 3 heteroatoms. The molecule has 2 heterocycles. The minimum atomic E-state index is 0.729. The molecule has 3 rings (SSSR count). The van der Waals surface area contributed by atoms with Gasteiger partial charge in [0, 0.05) is 17.5 Å². The predicted octanol–water partition coefficient (Wildman–Crippen LogP) is 1.94. The van der Waals surface area contributed by atoms with Crippen LogP contribution in [-0.2, 0) is 12.8 Å². The molecule has 0 bridgehead atoms. The maximum Gasteiger partial charge on any atom is 0.151 e. The Balaban J connectivity index is 2.39. The van der Waals surface area contributed by atoms with Crippen molar-refractivity contribution in [2.24, 2.45) is 0 Å². The highest BCUT2D eigenvalue weighted by atomic mass is 16.1. The SMILES string of the molecule is Cc1cc(C=O)cn2c3c(nc12)CCC3. The molecule has 0 aliphatic heterocycles. The van der Waals surface area contributed by atoms with E-state index in [4.69, 9.17) is 0 Å². The highest BCUT2D eigenvalue weighted by Crippen LogP contribution is 2.24. The van der Waals surface area contributed by atoms with Crippen molar-refractivity contribution in [2.45, 2.75) is 26.2 Å². The number of nitrogens with zero attached hydrogens (tertiary/aromatic N) is 2. The van der Waals surface area contributed by atoms with Crippen LogP contribution in [0.4, 0.5) is 0 Å². The van der Waals surface area contributed by atoms with Crippen LogP contribution in [0.5, 0.6) is 0 Å². The fourth-order valence-electron chi connectivity index (χ4n) is 2.38. The van der Waals surface area contributed by atoms with E-state index in [1.165, 1.54) is 17.8 Å². The predicted molar refractivity (Wildman–Crippen MR) is 57.3 cm³/mol. The molecule has 0 unspecified atom stereocenters. The van der Waals surface area contributed by atoms with Gasteiger partial charge in [-0.2, -0.15) is 0 Å². The molecule has 2 aromatic rings. The minimum absolute atomic E-state index is 0.729. The highest BCUT2D eigenvalue weighted by molar-refractivity contribution is 5.76. The van der Waals surface area contributed by atoms with Crippen LogP contribution in [0.25, 0.3) is 5.65 Å². The molecule has 3 nitrogen and oxygen atoms in total. The van der Waals surface area contributed by atoms with Crippen LogP contribution in [0.1, 0.15) is 33.7 Å². The van der Waals surface area contributed by atoms with E-state index >= 15 is 0 Å². The lowest BCUT2D eigenvalue weighted by molar-refractivity contribution is 0.112. The van der Waals surface area contributed by atoms with Gasteiger partial charge in [0.2, 0.25) is 0 Å². The third kappa shape index (κ3) is 1.12. The first-order chi connectivity index (χ1) is 7.29. The summed E-state index contributed by atoms with van der Waals surface area (Å²) < 4.78 is 2.08. The van der Waals surface area contributed by atoms with Gasteiger partial charge >= 0.3 is 0 Å². The molecule has 0 atom stereocenters. The number of fused-ring (bicyclic) bond motifs is 3. The third-order valence-electron chi connectivity index (χ3n) is 3.07. The number of carbonyl (C=O) groups is 1. The topological polar surface area (TPSA) is 34.4 Å². The third-order valence-corrected chi connectivity index (χ3v) is 3.07. The number of carbonyl (C=O) groups excluding carboxylic acids is 1. The Labute approximate surface area is 87.7 Å². The van der Waals surface area contributed by atoms with Crippen molar-refractivity contribution in [3.05, 3.63) is 34.8 Å². The molecule has 0 spiro atoms. The molecule has 0 fully saturated rings. The number of aldehydes is 1. The number of hydrogen-bond donors (Lipinski definition) is 0. The molecule has 15 heavy (non-hydrogen) atoms. The molecule has 0 saturated heterocycles. The summed E-state index contributed by atoms with van der Waals surface area (Å²) >= 11 is 0. The number of imidazole rings is 1. The van der Waals surface area contributed by atoms with E-state index in [-0.39, 0.29) is 0 Å². The van der Waals surface area contributed by atoms with Crippen LogP contribution in [0, 0.1) is 6.92 Å². The van der Waals surface area contributed by atoms with E-state index < -0.39 is 0 Å². The second kappa shape index (κ2) is 2.92. The molecule has 0 radical (unpaired) electrons. The Hall–Kier alpha value is -1.64. The van der Waals surface area contributed by atoms with Gasteiger partial charge in [0.1, 0.15) is 5.65 Å². The van der Waals surface area contributed by atoms with E-state index in [0.717, 1.165) is 35.9 Å². The van der Waals surface area contributed by atoms with E-state index in [1.54, 1.807) is 0 Å². The van der Waals surface area contributed by atoms with Crippen molar-refractivity contribution >= 4 is 11.9 Å². The van der Waals surface area contributed by atoms with Gasteiger partial charge in [-0.15, -0.1) is 0 Å². The molecule has 0 N–H and O–H groups in total. The smallest absolute Gasteiger partial charge is 0.151 e. The van der Waals surface area contributed by atoms with Gasteiger partial charge in [-0.3, -0.25) is 4.79 Å².